The molecule has 0 bridgehead atoms. The number of nitrogens with zero attached hydrogens (tertiary/aromatic N) is 4. The van der Waals surface area contributed by atoms with Crippen LogP contribution in [0.1, 0.15) is 11.1 Å². The number of hydrogen-bond acceptors (Lipinski definition) is 6. The molecule has 0 unspecified atom stereocenters. The van der Waals surface area contributed by atoms with Gasteiger partial charge in [0, 0.05) is 51.3 Å². The smallest absolute Gasteiger partial charge is 0.151 e. The van der Waals surface area contributed by atoms with Crippen molar-refractivity contribution in [1.82, 2.24) is 20.3 Å². The van der Waals surface area contributed by atoms with E-state index in [1.807, 2.05) is 18.5 Å². The number of benzene rings is 1. The van der Waals surface area contributed by atoms with Crippen LogP contribution >= 0.6 is 0 Å². The fourth-order valence-corrected chi connectivity index (χ4v) is 3.38. The molecule has 1 aromatic carbocycles. The SMILES string of the molecule is Cc1cncc(NCc2cc(F)c3nccnc3c2)c1N1CCNCC1. The Morgan fingerprint density at radius 2 is 1.96 bits per heavy atom. The molecule has 134 valence electrons. The third kappa shape index (κ3) is 3.30. The molecule has 1 fully saturated rings. The highest BCUT2D eigenvalue weighted by molar-refractivity contribution is 5.76. The van der Waals surface area contributed by atoms with Crippen LogP contribution in [0.2, 0.25) is 0 Å². The first-order valence-electron chi connectivity index (χ1n) is 8.75. The van der Waals surface area contributed by atoms with Gasteiger partial charge in [-0.2, -0.15) is 0 Å². The van der Waals surface area contributed by atoms with Gasteiger partial charge >= 0.3 is 0 Å². The lowest BCUT2D eigenvalue weighted by molar-refractivity contribution is 0.588. The molecule has 0 radical (unpaired) electrons. The van der Waals surface area contributed by atoms with E-state index in [2.05, 4.69) is 37.4 Å². The lowest BCUT2D eigenvalue weighted by Gasteiger charge is -2.32. The molecule has 0 aliphatic carbocycles. The van der Waals surface area contributed by atoms with Gasteiger partial charge in [0.2, 0.25) is 0 Å². The molecule has 1 saturated heterocycles. The van der Waals surface area contributed by atoms with E-state index in [1.54, 1.807) is 6.20 Å². The third-order valence-electron chi connectivity index (χ3n) is 4.60. The average molecular weight is 352 g/mol. The summed E-state index contributed by atoms with van der Waals surface area (Å²) in [6, 6.07) is 3.38. The molecule has 2 aromatic heterocycles. The third-order valence-corrected chi connectivity index (χ3v) is 4.60. The number of aryl methyl sites for hydroxylation is 1. The molecule has 1 aliphatic rings. The number of hydrogen-bond donors (Lipinski definition) is 2. The number of nitrogens with one attached hydrogen (secondary N) is 2. The summed E-state index contributed by atoms with van der Waals surface area (Å²) in [5, 5.41) is 6.79. The van der Waals surface area contributed by atoms with Crippen LogP contribution in [0.5, 0.6) is 0 Å². The van der Waals surface area contributed by atoms with E-state index in [1.165, 1.54) is 18.0 Å². The van der Waals surface area contributed by atoms with Crippen LogP contribution in [0.15, 0.2) is 36.9 Å². The van der Waals surface area contributed by atoms with Gasteiger partial charge in [0.25, 0.3) is 0 Å². The van der Waals surface area contributed by atoms with Gasteiger partial charge < -0.3 is 15.5 Å². The van der Waals surface area contributed by atoms with Gasteiger partial charge in [0.15, 0.2) is 5.82 Å². The quantitative estimate of drug-likeness (QED) is 0.752. The van der Waals surface area contributed by atoms with E-state index in [-0.39, 0.29) is 5.82 Å². The maximum absolute atomic E-state index is 14.2. The first kappa shape index (κ1) is 16.7. The van der Waals surface area contributed by atoms with Gasteiger partial charge in [0.05, 0.1) is 23.1 Å². The van der Waals surface area contributed by atoms with Crippen LogP contribution in [0.3, 0.4) is 0 Å². The van der Waals surface area contributed by atoms with Crippen LogP contribution in [0.25, 0.3) is 11.0 Å². The lowest BCUT2D eigenvalue weighted by Crippen LogP contribution is -2.44. The van der Waals surface area contributed by atoms with Crippen molar-refractivity contribution in [1.29, 1.82) is 0 Å². The zero-order valence-corrected chi connectivity index (χ0v) is 14.7. The van der Waals surface area contributed by atoms with Crippen molar-refractivity contribution < 1.29 is 4.39 Å². The topological polar surface area (TPSA) is 66.0 Å². The summed E-state index contributed by atoms with van der Waals surface area (Å²) in [6.45, 7) is 6.42. The van der Waals surface area contributed by atoms with Crippen LogP contribution < -0.4 is 15.5 Å². The highest BCUT2D eigenvalue weighted by Gasteiger charge is 2.17. The number of halogens is 1. The summed E-state index contributed by atoms with van der Waals surface area (Å²) >= 11 is 0. The number of aromatic nitrogens is 3. The Morgan fingerprint density at radius 1 is 1.15 bits per heavy atom. The maximum Gasteiger partial charge on any atom is 0.151 e. The number of fused-ring (bicyclic) bond motifs is 1. The van der Waals surface area contributed by atoms with Crippen LogP contribution in [0, 0.1) is 12.7 Å². The molecule has 3 heterocycles. The monoisotopic (exact) mass is 352 g/mol. The second kappa shape index (κ2) is 7.21. The van der Waals surface area contributed by atoms with E-state index < -0.39 is 0 Å². The molecule has 3 aromatic rings. The van der Waals surface area contributed by atoms with Crippen molar-refractivity contribution >= 4 is 22.4 Å². The molecule has 1 aliphatic heterocycles. The fourth-order valence-electron chi connectivity index (χ4n) is 3.38. The summed E-state index contributed by atoms with van der Waals surface area (Å²) in [5.41, 5.74) is 4.95. The minimum absolute atomic E-state index is 0.301. The van der Waals surface area contributed by atoms with Gasteiger partial charge in [-0.3, -0.25) is 9.97 Å². The number of pyridine rings is 1. The van der Waals surface area contributed by atoms with Gasteiger partial charge in [-0.15, -0.1) is 0 Å². The molecule has 4 rings (SSSR count). The summed E-state index contributed by atoms with van der Waals surface area (Å²) in [6.07, 6.45) is 6.79. The molecule has 0 spiro atoms. The Morgan fingerprint density at radius 3 is 2.81 bits per heavy atom. The molecular formula is C19H21FN6. The minimum Gasteiger partial charge on any atom is -0.378 e. The van der Waals surface area contributed by atoms with Gasteiger partial charge in [-0.05, 0) is 30.2 Å². The molecule has 7 heteroatoms. The van der Waals surface area contributed by atoms with Crippen molar-refractivity contribution in [2.24, 2.45) is 0 Å². The highest BCUT2D eigenvalue weighted by atomic mass is 19.1. The summed E-state index contributed by atoms with van der Waals surface area (Å²) < 4.78 is 14.2. The van der Waals surface area contributed by atoms with E-state index >= 15 is 0 Å². The Bertz CT molecular complexity index is 923. The van der Waals surface area contributed by atoms with E-state index in [4.69, 9.17) is 0 Å². The molecule has 6 nitrogen and oxygen atoms in total. The van der Waals surface area contributed by atoms with Gasteiger partial charge in [-0.1, -0.05) is 0 Å². The van der Waals surface area contributed by atoms with Crippen molar-refractivity contribution in [3.8, 4) is 0 Å². The summed E-state index contributed by atoms with van der Waals surface area (Å²) in [5.74, 6) is -0.350. The normalized spacial score (nSPS) is 14.6. The lowest BCUT2D eigenvalue weighted by atomic mass is 10.1. The summed E-state index contributed by atoms with van der Waals surface area (Å²) in [7, 11) is 0. The first-order valence-corrected chi connectivity index (χ1v) is 8.75. The van der Waals surface area contributed by atoms with Gasteiger partial charge in [0.1, 0.15) is 5.52 Å². The zero-order valence-electron chi connectivity index (χ0n) is 14.7. The maximum atomic E-state index is 14.2. The van der Waals surface area contributed by atoms with E-state index in [9.17, 15) is 4.39 Å². The van der Waals surface area contributed by atoms with Crippen LogP contribution in [0.4, 0.5) is 15.8 Å². The zero-order chi connectivity index (χ0) is 17.9. The minimum atomic E-state index is -0.350. The van der Waals surface area contributed by atoms with Gasteiger partial charge in [-0.25, -0.2) is 9.37 Å². The van der Waals surface area contributed by atoms with Crippen molar-refractivity contribution in [2.75, 3.05) is 36.4 Å². The standard InChI is InChI=1S/C19H21FN6/c1-13-10-22-12-17(19(13)26-6-4-21-5-7-26)25-11-14-8-15(20)18-16(9-14)23-2-3-24-18/h2-3,8-10,12,21,25H,4-7,11H2,1H3. The predicted octanol–water partition coefficient (Wildman–Crippen LogP) is 2.49. The largest absolute Gasteiger partial charge is 0.378 e. The molecule has 2 N–H and O–H groups in total. The Kier molecular flexibility index (Phi) is 4.62. The predicted molar refractivity (Wildman–Crippen MR) is 101 cm³/mol. The fraction of sp³-hybridized carbons (Fsp3) is 0.316. The summed E-state index contributed by atoms with van der Waals surface area (Å²) in [4.78, 5) is 14.9. The molecule has 0 saturated carbocycles. The molecule has 0 amide bonds. The van der Waals surface area contributed by atoms with Crippen LogP contribution in [-0.4, -0.2) is 41.1 Å². The van der Waals surface area contributed by atoms with Crippen LogP contribution in [-0.2, 0) is 6.54 Å². The molecule has 26 heavy (non-hydrogen) atoms. The van der Waals surface area contributed by atoms with Crippen molar-refractivity contribution in [3.05, 3.63) is 53.9 Å². The average Bonchev–Trinajstić information content (AvgIpc) is 2.67. The second-order valence-electron chi connectivity index (χ2n) is 6.44. The highest BCUT2D eigenvalue weighted by Crippen LogP contribution is 2.29. The van der Waals surface area contributed by atoms with E-state index in [0.29, 0.717) is 17.6 Å². The molecular weight excluding hydrogens is 331 g/mol. The van der Waals surface area contributed by atoms with Crippen molar-refractivity contribution in [2.45, 2.75) is 13.5 Å². The Labute approximate surface area is 151 Å². The second-order valence-corrected chi connectivity index (χ2v) is 6.44. The van der Waals surface area contributed by atoms with E-state index in [0.717, 1.165) is 43.0 Å². The number of piperazine rings is 1. The number of anilines is 2. The first-order chi connectivity index (χ1) is 12.7. The Balaban J connectivity index is 1.59. The Hall–Kier alpha value is -2.80. The number of rotatable bonds is 4. The molecule has 0 atom stereocenters. The van der Waals surface area contributed by atoms with Crippen molar-refractivity contribution in [3.63, 3.8) is 0 Å².